The predicted molar refractivity (Wildman–Crippen MR) is 85.1 cm³/mol. The summed E-state index contributed by atoms with van der Waals surface area (Å²) in [5, 5.41) is 29.5. The molecule has 130 valence electrons. The fourth-order valence-corrected chi connectivity index (χ4v) is 3.28. The third-order valence-electron chi connectivity index (χ3n) is 4.54. The van der Waals surface area contributed by atoms with Crippen molar-refractivity contribution >= 4 is 5.91 Å². The fraction of sp³-hybridized carbons (Fsp3) is 0.938. The second kappa shape index (κ2) is 9.45. The standard InChI is InChI=1S/C16H32N2O4/c1-11(2)7-5-3-4-6-8-18-12(9-14(17)20)15(21)16(22)13(18)10-19/h11-13,15-16,19,21-22H,3-10H2,1-2H3,(H2,17,20)/t12-,13-,15+,16-/m1/s1. The van der Waals surface area contributed by atoms with E-state index < -0.39 is 30.2 Å². The lowest BCUT2D eigenvalue weighted by molar-refractivity contribution is -0.120. The van der Waals surface area contributed by atoms with Gasteiger partial charge in [-0.2, -0.15) is 0 Å². The maximum Gasteiger partial charge on any atom is 0.219 e. The highest BCUT2D eigenvalue weighted by Crippen LogP contribution is 2.28. The molecule has 1 fully saturated rings. The molecule has 1 aliphatic rings. The van der Waals surface area contributed by atoms with Crippen molar-refractivity contribution in [1.82, 2.24) is 4.90 Å². The van der Waals surface area contributed by atoms with E-state index in [4.69, 9.17) is 5.73 Å². The molecule has 1 saturated heterocycles. The largest absolute Gasteiger partial charge is 0.395 e. The van der Waals surface area contributed by atoms with Crippen LogP contribution < -0.4 is 5.73 Å². The van der Waals surface area contributed by atoms with Gasteiger partial charge in [-0.1, -0.05) is 39.5 Å². The molecule has 22 heavy (non-hydrogen) atoms. The quantitative estimate of drug-likeness (QED) is 0.432. The van der Waals surface area contributed by atoms with E-state index in [9.17, 15) is 20.1 Å². The Balaban J connectivity index is 2.46. The highest BCUT2D eigenvalue weighted by atomic mass is 16.3. The van der Waals surface area contributed by atoms with Gasteiger partial charge in [-0.3, -0.25) is 9.69 Å². The first-order valence-electron chi connectivity index (χ1n) is 8.39. The number of aliphatic hydroxyl groups is 3. The predicted octanol–water partition coefficient (Wildman–Crippen LogP) is 0.235. The van der Waals surface area contributed by atoms with Crippen molar-refractivity contribution in [2.45, 2.75) is 76.7 Å². The van der Waals surface area contributed by atoms with E-state index >= 15 is 0 Å². The molecule has 0 aromatic rings. The molecule has 0 aromatic carbocycles. The first-order chi connectivity index (χ1) is 10.4. The zero-order chi connectivity index (χ0) is 16.7. The summed E-state index contributed by atoms with van der Waals surface area (Å²) in [7, 11) is 0. The monoisotopic (exact) mass is 316 g/mol. The molecule has 0 spiro atoms. The number of amides is 1. The Morgan fingerprint density at radius 1 is 1.09 bits per heavy atom. The van der Waals surface area contributed by atoms with Crippen molar-refractivity contribution in [3.63, 3.8) is 0 Å². The third kappa shape index (κ3) is 5.50. The van der Waals surface area contributed by atoms with Crippen LogP contribution in [-0.4, -0.2) is 63.6 Å². The average molecular weight is 316 g/mol. The van der Waals surface area contributed by atoms with Crippen molar-refractivity contribution in [3.05, 3.63) is 0 Å². The van der Waals surface area contributed by atoms with Crippen LogP contribution in [0.2, 0.25) is 0 Å². The Morgan fingerprint density at radius 2 is 1.68 bits per heavy atom. The highest BCUT2D eigenvalue weighted by molar-refractivity contribution is 5.74. The molecule has 0 unspecified atom stereocenters. The van der Waals surface area contributed by atoms with Crippen molar-refractivity contribution in [2.75, 3.05) is 13.2 Å². The Labute approximate surface area is 133 Å². The molecule has 1 heterocycles. The minimum atomic E-state index is -1.04. The molecule has 0 aromatic heterocycles. The number of primary amides is 1. The first-order valence-corrected chi connectivity index (χ1v) is 8.39. The summed E-state index contributed by atoms with van der Waals surface area (Å²) < 4.78 is 0. The molecule has 0 saturated carbocycles. The molecule has 4 atom stereocenters. The van der Waals surface area contributed by atoms with E-state index in [0.717, 1.165) is 25.2 Å². The van der Waals surface area contributed by atoms with Crippen molar-refractivity contribution in [2.24, 2.45) is 11.7 Å². The van der Waals surface area contributed by atoms with Gasteiger partial charge in [0.1, 0.15) is 0 Å². The Hall–Kier alpha value is -0.690. The van der Waals surface area contributed by atoms with Crippen LogP contribution in [0, 0.1) is 5.92 Å². The number of unbranched alkanes of at least 4 members (excludes halogenated alkanes) is 3. The van der Waals surface area contributed by atoms with E-state index in [0.29, 0.717) is 6.54 Å². The Bertz CT molecular complexity index is 338. The van der Waals surface area contributed by atoms with Crippen LogP contribution in [0.5, 0.6) is 0 Å². The molecule has 5 N–H and O–H groups in total. The number of aliphatic hydroxyl groups excluding tert-OH is 3. The number of nitrogens with two attached hydrogens (primary N) is 1. The second-order valence-corrected chi connectivity index (χ2v) is 6.80. The maximum absolute atomic E-state index is 11.2. The zero-order valence-electron chi connectivity index (χ0n) is 13.8. The third-order valence-corrected chi connectivity index (χ3v) is 4.54. The van der Waals surface area contributed by atoms with E-state index in [1.807, 2.05) is 4.90 Å². The van der Waals surface area contributed by atoms with Crippen LogP contribution in [0.1, 0.15) is 52.4 Å². The van der Waals surface area contributed by atoms with Gasteiger partial charge in [0.25, 0.3) is 0 Å². The Kier molecular flexibility index (Phi) is 8.31. The smallest absolute Gasteiger partial charge is 0.219 e. The number of carbonyl (C=O) groups is 1. The van der Waals surface area contributed by atoms with Gasteiger partial charge in [0, 0.05) is 12.5 Å². The lowest BCUT2D eigenvalue weighted by atomic mass is 10.0. The molecule has 0 aliphatic carbocycles. The van der Waals surface area contributed by atoms with Crippen LogP contribution in [0.4, 0.5) is 0 Å². The number of rotatable bonds is 10. The summed E-state index contributed by atoms with van der Waals surface area (Å²) in [6.45, 7) is 4.85. The van der Waals surface area contributed by atoms with Crippen LogP contribution in [0.25, 0.3) is 0 Å². The zero-order valence-corrected chi connectivity index (χ0v) is 13.8. The molecule has 0 bridgehead atoms. The van der Waals surface area contributed by atoms with Crippen LogP contribution in [0.15, 0.2) is 0 Å². The summed E-state index contributed by atoms with van der Waals surface area (Å²) in [5.41, 5.74) is 5.23. The van der Waals surface area contributed by atoms with Crippen LogP contribution in [-0.2, 0) is 4.79 Å². The maximum atomic E-state index is 11.2. The van der Waals surface area contributed by atoms with Crippen LogP contribution >= 0.6 is 0 Å². The van der Waals surface area contributed by atoms with Gasteiger partial charge in [0.05, 0.1) is 24.9 Å². The fourth-order valence-electron chi connectivity index (χ4n) is 3.28. The summed E-state index contributed by atoms with van der Waals surface area (Å²) in [4.78, 5) is 13.0. The lowest BCUT2D eigenvalue weighted by Crippen LogP contribution is -2.43. The van der Waals surface area contributed by atoms with Gasteiger partial charge in [0.2, 0.25) is 5.91 Å². The molecular weight excluding hydrogens is 284 g/mol. The number of likely N-dealkylation sites (tertiary alicyclic amines) is 1. The minimum Gasteiger partial charge on any atom is -0.395 e. The first kappa shape index (κ1) is 19.4. The van der Waals surface area contributed by atoms with Gasteiger partial charge in [-0.15, -0.1) is 0 Å². The summed E-state index contributed by atoms with van der Waals surface area (Å²) >= 11 is 0. The molecule has 1 aliphatic heterocycles. The summed E-state index contributed by atoms with van der Waals surface area (Å²) in [6.07, 6.45) is 3.51. The Morgan fingerprint density at radius 3 is 2.23 bits per heavy atom. The number of hydrogen-bond donors (Lipinski definition) is 4. The molecule has 1 amide bonds. The van der Waals surface area contributed by atoms with Crippen molar-refractivity contribution in [1.29, 1.82) is 0 Å². The highest BCUT2D eigenvalue weighted by Gasteiger charge is 2.47. The topological polar surface area (TPSA) is 107 Å². The molecular formula is C16H32N2O4. The van der Waals surface area contributed by atoms with Gasteiger partial charge < -0.3 is 21.1 Å². The van der Waals surface area contributed by atoms with Crippen LogP contribution in [0.3, 0.4) is 0 Å². The molecule has 1 rings (SSSR count). The minimum absolute atomic E-state index is 0.00206. The molecule has 0 radical (unpaired) electrons. The van der Waals surface area contributed by atoms with E-state index in [-0.39, 0.29) is 13.0 Å². The van der Waals surface area contributed by atoms with E-state index in [1.165, 1.54) is 12.8 Å². The lowest BCUT2D eigenvalue weighted by Gasteiger charge is -2.29. The molecule has 6 heteroatoms. The summed E-state index contributed by atoms with van der Waals surface area (Å²) in [5.74, 6) is 0.222. The van der Waals surface area contributed by atoms with Gasteiger partial charge in [-0.25, -0.2) is 0 Å². The normalized spacial score (nSPS) is 29.4. The van der Waals surface area contributed by atoms with E-state index in [2.05, 4.69) is 13.8 Å². The number of nitrogens with zero attached hydrogens (tertiary/aromatic N) is 1. The molecule has 6 nitrogen and oxygen atoms in total. The van der Waals surface area contributed by atoms with Gasteiger partial charge in [-0.05, 0) is 18.9 Å². The van der Waals surface area contributed by atoms with Gasteiger partial charge >= 0.3 is 0 Å². The number of carbonyl (C=O) groups excluding carboxylic acids is 1. The second-order valence-electron chi connectivity index (χ2n) is 6.80. The number of hydrogen-bond acceptors (Lipinski definition) is 5. The van der Waals surface area contributed by atoms with Crippen molar-refractivity contribution < 1.29 is 20.1 Å². The van der Waals surface area contributed by atoms with E-state index in [1.54, 1.807) is 0 Å². The SMILES string of the molecule is CC(C)CCCCCCN1[C@H](CC(N)=O)[C@H](O)[C@H](O)[C@H]1CO. The summed E-state index contributed by atoms with van der Waals surface area (Å²) in [6, 6.07) is -1.02. The average Bonchev–Trinajstić information content (AvgIpc) is 2.66. The van der Waals surface area contributed by atoms with Crippen molar-refractivity contribution in [3.8, 4) is 0 Å². The van der Waals surface area contributed by atoms with Gasteiger partial charge in [0.15, 0.2) is 0 Å².